The molecule has 2 bridgehead atoms. The maximum Gasteiger partial charge on any atom is 0.215 e. The molecule has 0 spiro atoms. The summed E-state index contributed by atoms with van der Waals surface area (Å²) in [5.74, 6) is 3.10. The molecule has 4 fully saturated rings. The van der Waals surface area contributed by atoms with Gasteiger partial charge in [0.1, 0.15) is 5.78 Å². The Kier molecular flexibility index (Phi) is 5.45. The van der Waals surface area contributed by atoms with Crippen LogP contribution in [0.15, 0.2) is 0 Å². The molecule has 5 nitrogen and oxygen atoms in total. The first-order valence-corrected chi connectivity index (χ1v) is 13.2. The summed E-state index contributed by atoms with van der Waals surface area (Å²) < 4.78 is 34.6. The van der Waals surface area contributed by atoms with E-state index in [1.165, 1.54) is 0 Å². The molecule has 7 heteroatoms. The molecule has 2 aliphatic carbocycles. The molecule has 4 unspecified atom stereocenters. The number of rotatable bonds is 7. The minimum Gasteiger partial charge on any atom is -0.377 e. The van der Waals surface area contributed by atoms with Gasteiger partial charge in [0.15, 0.2) is 0 Å². The predicted molar refractivity (Wildman–Crippen MR) is 108 cm³/mol. The summed E-state index contributed by atoms with van der Waals surface area (Å²) in [6.07, 6.45) is 5.32. The molecule has 154 valence electrons. The average Bonchev–Trinajstić information content (AvgIpc) is 3.35. The van der Waals surface area contributed by atoms with Crippen molar-refractivity contribution < 1.29 is 17.9 Å². The lowest BCUT2D eigenvalue weighted by atomic mass is 9.70. The number of hydrogen-bond donors (Lipinski definition) is 0. The quantitative estimate of drug-likeness (QED) is 0.640. The van der Waals surface area contributed by atoms with Crippen LogP contribution >= 0.6 is 11.8 Å². The maximum absolute atomic E-state index is 13.6. The topological polar surface area (TPSA) is 63.7 Å². The summed E-state index contributed by atoms with van der Waals surface area (Å²) in [6.45, 7) is 6.00. The molecule has 4 aliphatic rings. The lowest BCUT2D eigenvalue weighted by molar-refractivity contribution is -0.128. The van der Waals surface area contributed by atoms with Gasteiger partial charge in [-0.1, -0.05) is 13.8 Å². The number of hydrogen-bond acceptors (Lipinski definition) is 5. The van der Waals surface area contributed by atoms with E-state index >= 15 is 0 Å². The van der Waals surface area contributed by atoms with Crippen molar-refractivity contribution in [3.05, 3.63) is 0 Å². The first-order valence-electron chi connectivity index (χ1n) is 10.4. The highest BCUT2D eigenvalue weighted by Gasteiger charge is 2.65. The van der Waals surface area contributed by atoms with Crippen LogP contribution in [0.1, 0.15) is 52.4 Å². The van der Waals surface area contributed by atoms with E-state index in [1.807, 2.05) is 11.8 Å². The van der Waals surface area contributed by atoms with Gasteiger partial charge in [-0.2, -0.15) is 16.1 Å². The summed E-state index contributed by atoms with van der Waals surface area (Å²) in [6, 6.07) is 0. The Morgan fingerprint density at radius 2 is 2.04 bits per heavy atom. The van der Waals surface area contributed by atoms with Gasteiger partial charge in [0.25, 0.3) is 0 Å². The molecule has 4 atom stereocenters. The van der Waals surface area contributed by atoms with Crippen LogP contribution in [0, 0.1) is 22.7 Å². The van der Waals surface area contributed by atoms with E-state index in [0.717, 1.165) is 50.2 Å². The Balaban J connectivity index is 1.56. The summed E-state index contributed by atoms with van der Waals surface area (Å²) in [4.78, 5) is 12.9. The zero-order valence-corrected chi connectivity index (χ0v) is 18.2. The van der Waals surface area contributed by atoms with E-state index in [0.29, 0.717) is 31.3 Å². The van der Waals surface area contributed by atoms with Crippen molar-refractivity contribution >= 4 is 27.6 Å². The van der Waals surface area contributed by atoms with Crippen LogP contribution in [0.4, 0.5) is 0 Å². The highest BCUT2D eigenvalue weighted by Crippen LogP contribution is 2.64. The SMILES string of the molecule is CC1(C)C2CCC1(CS(=O)(=O)N(CC1CCSC1)CC1CCCO1)C(=O)C2. The van der Waals surface area contributed by atoms with E-state index in [2.05, 4.69) is 13.8 Å². The zero-order valence-electron chi connectivity index (χ0n) is 16.6. The molecular weight excluding hydrogens is 382 g/mol. The number of ketones is 1. The Labute approximate surface area is 168 Å². The van der Waals surface area contributed by atoms with E-state index < -0.39 is 15.4 Å². The smallest absolute Gasteiger partial charge is 0.215 e. The van der Waals surface area contributed by atoms with Crippen LogP contribution in [0.2, 0.25) is 0 Å². The minimum absolute atomic E-state index is 0.00504. The lowest BCUT2D eigenvalue weighted by Gasteiger charge is -2.38. The molecular formula is C20H33NO4S2. The fourth-order valence-electron chi connectivity index (χ4n) is 5.84. The van der Waals surface area contributed by atoms with Crippen LogP contribution in [-0.4, -0.2) is 61.6 Å². The number of ether oxygens (including phenoxy) is 1. The lowest BCUT2D eigenvalue weighted by Crippen LogP contribution is -2.49. The molecule has 2 saturated carbocycles. The van der Waals surface area contributed by atoms with Gasteiger partial charge in [-0.05, 0) is 60.9 Å². The standard InChI is InChI=1S/C20H33NO4S2/c1-19(2)16-5-7-20(19,18(22)10-16)14-27(23,24)21(11-15-6-9-26-13-15)12-17-4-3-8-25-17/h15-17H,3-14H2,1-2H3. The number of carbonyl (C=O) groups is 1. The van der Waals surface area contributed by atoms with Crippen molar-refractivity contribution in [2.24, 2.45) is 22.7 Å². The normalized spacial score (nSPS) is 38.3. The molecule has 0 N–H and O–H groups in total. The van der Waals surface area contributed by atoms with Crippen molar-refractivity contribution in [1.29, 1.82) is 0 Å². The van der Waals surface area contributed by atoms with Crippen molar-refractivity contribution in [1.82, 2.24) is 4.31 Å². The Morgan fingerprint density at radius 3 is 2.59 bits per heavy atom. The highest BCUT2D eigenvalue weighted by atomic mass is 32.2. The second kappa shape index (κ2) is 7.29. The van der Waals surface area contributed by atoms with Crippen LogP contribution in [0.5, 0.6) is 0 Å². The number of thioether (sulfide) groups is 1. The third-order valence-corrected chi connectivity index (χ3v) is 11.1. The van der Waals surface area contributed by atoms with Crippen molar-refractivity contribution in [3.8, 4) is 0 Å². The van der Waals surface area contributed by atoms with E-state index in [1.54, 1.807) is 4.31 Å². The van der Waals surface area contributed by atoms with Gasteiger partial charge in [0.05, 0.1) is 11.9 Å². The van der Waals surface area contributed by atoms with Gasteiger partial charge < -0.3 is 4.74 Å². The van der Waals surface area contributed by atoms with Crippen LogP contribution in [0.25, 0.3) is 0 Å². The van der Waals surface area contributed by atoms with Crippen molar-refractivity contribution in [2.45, 2.75) is 58.5 Å². The molecule has 0 aromatic heterocycles. The predicted octanol–water partition coefficient (Wildman–Crippen LogP) is 2.95. The Hall–Kier alpha value is -0.110. The van der Waals surface area contributed by atoms with Gasteiger partial charge in [0, 0.05) is 31.5 Å². The van der Waals surface area contributed by atoms with Crippen LogP contribution < -0.4 is 0 Å². The Bertz CT molecular complexity index is 662. The van der Waals surface area contributed by atoms with E-state index in [9.17, 15) is 13.2 Å². The van der Waals surface area contributed by atoms with Gasteiger partial charge in [-0.15, -0.1) is 0 Å². The summed E-state index contributed by atoms with van der Waals surface area (Å²) >= 11 is 1.91. The second-order valence-electron chi connectivity index (χ2n) is 9.60. The van der Waals surface area contributed by atoms with Gasteiger partial charge >= 0.3 is 0 Å². The molecule has 4 rings (SSSR count). The number of fused-ring (bicyclic) bond motifs is 2. The fourth-order valence-corrected chi connectivity index (χ4v) is 9.43. The molecule has 0 radical (unpaired) electrons. The van der Waals surface area contributed by atoms with Crippen molar-refractivity contribution in [3.63, 3.8) is 0 Å². The van der Waals surface area contributed by atoms with Crippen molar-refractivity contribution in [2.75, 3.05) is 37.0 Å². The molecule has 0 aromatic carbocycles. The summed E-state index contributed by atoms with van der Waals surface area (Å²) in [5, 5.41) is 0. The zero-order chi connectivity index (χ0) is 19.3. The molecule has 27 heavy (non-hydrogen) atoms. The average molecular weight is 416 g/mol. The molecule has 2 saturated heterocycles. The van der Waals surface area contributed by atoms with Gasteiger partial charge in [-0.25, -0.2) is 8.42 Å². The Morgan fingerprint density at radius 1 is 1.22 bits per heavy atom. The largest absolute Gasteiger partial charge is 0.377 e. The number of carbonyl (C=O) groups excluding carboxylic acids is 1. The van der Waals surface area contributed by atoms with Crippen LogP contribution in [0.3, 0.4) is 0 Å². The minimum atomic E-state index is -3.51. The summed E-state index contributed by atoms with van der Waals surface area (Å²) in [7, 11) is -3.51. The van der Waals surface area contributed by atoms with E-state index in [-0.39, 0.29) is 23.1 Å². The second-order valence-corrected chi connectivity index (χ2v) is 12.7. The third kappa shape index (κ3) is 3.51. The van der Waals surface area contributed by atoms with Gasteiger partial charge in [0.2, 0.25) is 10.0 Å². The van der Waals surface area contributed by atoms with Crippen LogP contribution in [-0.2, 0) is 19.6 Å². The molecule has 0 amide bonds. The first kappa shape index (κ1) is 20.2. The maximum atomic E-state index is 13.6. The molecule has 0 aromatic rings. The monoisotopic (exact) mass is 415 g/mol. The molecule has 2 heterocycles. The highest BCUT2D eigenvalue weighted by molar-refractivity contribution is 7.99. The van der Waals surface area contributed by atoms with E-state index in [4.69, 9.17) is 4.74 Å². The third-order valence-electron chi connectivity index (χ3n) is 7.88. The van der Waals surface area contributed by atoms with Gasteiger partial charge in [-0.3, -0.25) is 4.79 Å². The first-order chi connectivity index (χ1) is 12.7. The number of nitrogens with zero attached hydrogens (tertiary/aromatic N) is 1. The number of Topliss-reactive ketones (excluding diaryl/α,β-unsaturated/α-hetero) is 1. The molecule has 2 aliphatic heterocycles. The number of sulfonamides is 1. The fraction of sp³-hybridized carbons (Fsp3) is 0.950. The summed E-state index contributed by atoms with van der Waals surface area (Å²) in [5.41, 5.74) is -0.897.